The van der Waals surface area contributed by atoms with Crippen molar-refractivity contribution in [3.8, 4) is 0 Å². The maximum atomic E-state index is 10.1. The largest absolute Gasteiger partial charge is 0.395 e. The third-order valence-electron chi connectivity index (χ3n) is 3.09. The quantitative estimate of drug-likeness (QED) is 0.753. The zero-order valence-corrected chi connectivity index (χ0v) is 10.5. The van der Waals surface area contributed by atoms with Crippen molar-refractivity contribution in [1.29, 1.82) is 0 Å². The highest BCUT2D eigenvalue weighted by molar-refractivity contribution is 5.83. The van der Waals surface area contributed by atoms with E-state index in [4.69, 9.17) is 5.11 Å². The first-order chi connectivity index (χ1) is 8.70. The van der Waals surface area contributed by atoms with Crippen LogP contribution in [-0.2, 0) is 0 Å². The Morgan fingerprint density at radius 3 is 2.56 bits per heavy atom. The van der Waals surface area contributed by atoms with Crippen molar-refractivity contribution >= 4 is 10.8 Å². The molecular formula is C15H19NO2. The van der Waals surface area contributed by atoms with E-state index in [1.54, 1.807) is 0 Å². The number of aliphatic hydroxyl groups excluding tert-OH is 2. The highest BCUT2D eigenvalue weighted by Crippen LogP contribution is 2.20. The molecule has 2 aromatic rings. The van der Waals surface area contributed by atoms with Crippen molar-refractivity contribution in [3.63, 3.8) is 0 Å². The van der Waals surface area contributed by atoms with Gasteiger partial charge in [-0.15, -0.1) is 0 Å². The Labute approximate surface area is 107 Å². The van der Waals surface area contributed by atoms with Crippen LogP contribution in [0.15, 0.2) is 42.5 Å². The van der Waals surface area contributed by atoms with Crippen LogP contribution in [0.5, 0.6) is 0 Å². The molecule has 18 heavy (non-hydrogen) atoms. The van der Waals surface area contributed by atoms with Crippen LogP contribution >= 0.6 is 0 Å². The normalized spacial score (nSPS) is 14.6. The fourth-order valence-electron chi connectivity index (χ4n) is 1.91. The van der Waals surface area contributed by atoms with E-state index in [1.807, 2.05) is 43.3 Å². The minimum Gasteiger partial charge on any atom is -0.395 e. The van der Waals surface area contributed by atoms with Crippen molar-refractivity contribution in [1.82, 2.24) is 5.32 Å². The molecule has 0 aliphatic heterocycles. The summed E-state index contributed by atoms with van der Waals surface area (Å²) in [5.41, 5.74) is 0.895. The van der Waals surface area contributed by atoms with Crippen molar-refractivity contribution in [2.75, 3.05) is 13.2 Å². The van der Waals surface area contributed by atoms with Gasteiger partial charge in [0.25, 0.3) is 0 Å². The molecule has 0 radical (unpaired) electrons. The first kappa shape index (κ1) is 13.0. The van der Waals surface area contributed by atoms with Crippen molar-refractivity contribution in [2.24, 2.45) is 0 Å². The average Bonchev–Trinajstić information content (AvgIpc) is 2.43. The summed E-state index contributed by atoms with van der Waals surface area (Å²) in [6.45, 7) is 2.40. The summed E-state index contributed by atoms with van der Waals surface area (Å²) in [7, 11) is 0. The molecule has 0 fully saturated rings. The molecule has 0 aliphatic carbocycles. The summed E-state index contributed by atoms with van der Waals surface area (Å²) in [6, 6.07) is 14.0. The van der Waals surface area contributed by atoms with E-state index in [1.165, 1.54) is 5.39 Å². The van der Waals surface area contributed by atoms with E-state index >= 15 is 0 Å². The topological polar surface area (TPSA) is 52.5 Å². The molecule has 2 rings (SSSR count). The second-order valence-corrected chi connectivity index (χ2v) is 4.61. The number of nitrogens with one attached hydrogen (secondary N) is 1. The van der Waals surface area contributed by atoms with Gasteiger partial charge in [-0.3, -0.25) is 0 Å². The highest BCUT2D eigenvalue weighted by Gasteiger charge is 2.09. The van der Waals surface area contributed by atoms with Gasteiger partial charge in [-0.2, -0.15) is 0 Å². The van der Waals surface area contributed by atoms with E-state index < -0.39 is 6.10 Å². The molecule has 2 atom stereocenters. The zero-order chi connectivity index (χ0) is 13.0. The van der Waals surface area contributed by atoms with Crippen LogP contribution in [0.25, 0.3) is 10.8 Å². The molecule has 0 aromatic heterocycles. The second kappa shape index (κ2) is 5.96. The smallest absolute Gasteiger partial charge is 0.0914 e. The lowest BCUT2D eigenvalue weighted by atomic mass is 10.0. The third kappa shape index (κ3) is 3.07. The number of benzene rings is 2. The lowest BCUT2D eigenvalue weighted by Crippen LogP contribution is -2.32. The first-order valence-electron chi connectivity index (χ1n) is 6.21. The van der Waals surface area contributed by atoms with Gasteiger partial charge in [0.2, 0.25) is 0 Å². The Kier molecular flexibility index (Phi) is 4.31. The molecule has 0 saturated heterocycles. The average molecular weight is 245 g/mol. The Hall–Kier alpha value is -1.42. The number of aliphatic hydroxyl groups is 2. The van der Waals surface area contributed by atoms with Crippen LogP contribution in [0.4, 0.5) is 0 Å². The van der Waals surface area contributed by atoms with Crippen LogP contribution in [-0.4, -0.2) is 29.4 Å². The molecule has 0 heterocycles. The van der Waals surface area contributed by atoms with Gasteiger partial charge >= 0.3 is 0 Å². The van der Waals surface area contributed by atoms with E-state index in [9.17, 15) is 5.11 Å². The Bertz CT molecular complexity index is 513. The predicted octanol–water partition coefficient (Wildman–Crippen LogP) is 1.84. The van der Waals surface area contributed by atoms with Crippen molar-refractivity contribution in [3.05, 3.63) is 48.0 Å². The van der Waals surface area contributed by atoms with Crippen LogP contribution in [0.2, 0.25) is 0 Å². The Morgan fingerprint density at radius 1 is 1.11 bits per heavy atom. The SMILES string of the molecule is C[C@H](CO)NC[C@@H](O)c1ccc2ccccc2c1. The van der Waals surface area contributed by atoms with Gasteiger partial charge in [0.1, 0.15) is 0 Å². The number of hydrogen-bond donors (Lipinski definition) is 3. The van der Waals surface area contributed by atoms with Crippen LogP contribution in [0, 0.1) is 0 Å². The molecule has 0 amide bonds. The van der Waals surface area contributed by atoms with Gasteiger partial charge in [-0.1, -0.05) is 36.4 Å². The van der Waals surface area contributed by atoms with Crippen LogP contribution in [0.3, 0.4) is 0 Å². The predicted molar refractivity (Wildman–Crippen MR) is 73.5 cm³/mol. The van der Waals surface area contributed by atoms with Crippen molar-refractivity contribution < 1.29 is 10.2 Å². The van der Waals surface area contributed by atoms with Gasteiger partial charge < -0.3 is 15.5 Å². The summed E-state index contributed by atoms with van der Waals surface area (Å²) >= 11 is 0. The molecule has 3 N–H and O–H groups in total. The van der Waals surface area contributed by atoms with Crippen LogP contribution < -0.4 is 5.32 Å². The second-order valence-electron chi connectivity index (χ2n) is 4.61. The summed E-state index contributed by atoms with van der Waals surface area (Å²) in [6.07, 6.45) is -0.552. The molecular weight excluding hydrogens is 226 g/mol. The highest BCUT2D eigenvalue weighted by atomic mass is 16.3. The molecule has 96 valence electrons. The van der Waals surface area contributed by atoms with Crippen LogP contribution in [0.1, 0.15) is 18.6 Å². The first-order valence-corrected chi connectivity index (χ1v) is 6.21. The minimum absolute atomic E-state index is 0.0000985. The minimum atomic E-state index is -0.552. The summed E-state index contributed by atoms with van der Waals surface area (Å²) in [5.74, 6) is 0. The Morgan fingerprint density at radius 2 is 1.83 bits per heavy atom. The molecule has 3 nitrogen and oxygen atoms in total. The van der Waals surface area contributed by atoms with E-state index in [0.29, 0.717) is 6.54 Å². The van der Waals surface area contributed by atoms with Crippen molar-refractivity contribution in [2.45, 2.75) is 19.1 Å². The van der Waals surface area contributed by atoms with Gasteiger partial charge in [-0.05, 0) is 29.3 Å². The van der Waals surface area contributed by atoms with Gasteiger partial charge in [0.05, 0.1) is 12.7 Å². The molecule has 0 spiro atoms. The number of fused-ring (bicyclic) bond motifs is 1. The number of hydrogen-bond acceptors (Lipinski definition) is 3. The third-order valence-corrected chi connectivity index (χ3v) is 3.09. The van der Waals surface area contributed by atoms with Gasteiger partial charge in [0, 0.05) is 12.6 Å². The molecule has 2 aromatic carbocycles. The van der Waals surface area contributed by atoms with E-state index in [0.717, 1.165) is 10.9 Å². The van der Waals surface area contributed by atoms with Gasteiger partial charge in [-0.25, -0.2) is 0 Å². The molecule has 0 saturated carbocycles. The van der Waals surface area contributed by atoms with E-state index in [2.05, 4.69) is 11.4 Å². The Balaban J connectivity index is 2.10. The summed E-state index contributed by atoms with van der Waals surface area (Å²) in [5, 5.41) is 24.4. The molecule has 0 bridgehead atoms. The molecule has 0 unspecified atom stereocenters. The summed E-state index contributed by atoms with van der Waals surface area (Å²) in [4.78, 5) is 0. The summed E-state index contributed by atoms with van der Waals surface area (Å²) < 4.78 is 0. The maximum Gasteiger partial charge on any atom is 0.0914 e. The maximum absolute atomic E-state index is 10.1. The zero-order valence-electron chi connectivity index (χ0n) is 10.5. The van der Waals surface area contributed by atoms with E-state index in [-0.39, 0.29) is 12.6 Å². The monoisotopic (exact) mass is 245 g/mol. The van der Waals surface area contributed by atoms with Gasteiger partial charge in [0.15, 0.2) is 0 Å². The molecule has 0 aliphatic rings. The lowest BCUT2D eigenvalue weighted by Gasteiger charge is -2.16. The lowest BCUT2D eigenvalue weighted by molar-refractivity contribution is 0.161. The fourth-order valence-corrected chi connectivity index (χ4v) is 1.91. The fraction of sp³-hybridized carbons (Fsp3) is 0.333. The number of rotatable bonds is 5. The standard InChI is InChI=1S/C15H19NO2/c1-11(10-17)16-9-15(18)14-7-6-12-4-2-3-5-13(12)8-14/h2-8,11,15-18H,9-10H2,1H3/t11-,15-/m1/s1. The molecule has 3 heteroatoms.